The molecule has 1 fully saturated rings. The van der Waals surface area contributed by atoms with Gasteiger partial charge < -0.3 is 35.5 Å². The van der Waals surface area contributed by atoms with Crippen molar-refractivity contribution >= 4 is 46.3 Å². The average molecular weight is 675 g/mol. The summed E-state index contributed by atoms with van der Waals surface area (Å²) in [5, 5.41) is 9.02. The number of hydrogen-bond donors (Lipinski definition) is 4. The molecular weight excluding hydrogens is 624 g/mol. The highest BCUT2D eigenvalue weighted by molar-refractivity contribution is 6.45. The lowest BCUT2D eigenvalue weighted by atomic mass is 10.1. The van der Waals surface area contributed by atoms with Gasteiger partial charge in [0, 0.05) is 55.9 Å². The number of unbranched alkanes of at least 4 members (excludes halogenated alkanes) is 9. The monoisotopic (exact) mass is 674 g/mol. The Balaban J connectivity index is 1.14. The van der Waals surface area contributed by atoms with Crippen molar-refractivity contribution in [2.75, 3.05) is 45.2 Å². The van der Waals surface area contributed by atoms with Gasteiger partial charge in [0.15, 0.2) is 0 Å². The van der Waals surface area contributed by atoms with Crippen LogP contribution in [0.2, 0.25) is 0 Å². The molecule has 1 atom stereocenters. The Morgan fingerprint density at radius 1 is 0.796 bits per heavy atom. The van der Waals surface area contributed by atoms with Crippen LogP contribution in [0.3, 0.4) is 0 Å². The number of H-pyrrole nitrogens is 1. The zero-order chi connectivity index (χ0) is 35.0. The van der Waals surface area contributed by atoms with Gasteiger partial charge in [0.05, 0.1) is 23.9 Å². The number of nitrogens with one attached hydrogen (secondary N) is 4. The van der Waals surface area contributed by atoms with Crippen LogP contribution in [-0.4, -0.2) is 90.4 Å². The minimum Gasteiger partial charge on any atom is -0.453 e. The Morgan fingerprint density at radius 2 is 1.43 bits per heavy atom. The van der Waals surface area contributed by atoms with Gasteiger partial charge in [-0.25, -0.2) is 9.59 Å². The number of Topliss-reactive ketones (excluding diaryl/α,β-unsaturated/α-hetero) is 1. The standard InChI is InChI=1S/C37H50N6O6/c1-27-26-42(34(45)28-17-12-11-13-18-28)23-24-43(27)35(46)33(44)30-25-40-32-29(30)19-16-20-31(32)41-36(47)38-21-14-9-7-5-3-4-6-8-10-15-22-39-37(48)49-2/h11-13,16-20,25,27,40H,3-10,14-15,21-24,26H2,1-2H3,(H,39,48)(H2,38,41,47)/t27-/m1/s1. The second kappa shape index (κ2) is 19.2. The third-order valence-electron chi connectivity index (χ3n) is 8.94. The molecule has 1 saturated heterocycles. The second-order valence-electron chi connectivity index (χ2n) is 12.6. The largest absolute Gasteiger partial charge is 0.453 e. The molecule has 49 heavy (non-hydrogen) atoms. The van der Waals surface area contributed by atoms with E-state index in [0.29, 0.717) is 48.3 Å². The number of benzene rings is 2. The van der Waals surface area contributed by atoms with E-state index < -0.39 is 11.7 Å². The topological polar surface area (TPSA) is 153 Å². The van der Waals surface area contributed by atoms with Gasteiger partial charge in [-0.3, -0.25) is 14.4 Å². The molecule has 4 N–H and O–H groups in total. The van der Waals surface area contributed by atoms with E-state index in [9.17, 15) is 24.0 Å². The van der Waals surface area contributed by atoms with Gasteiger partial charge in [-0.05, 0) is 38.0 Å². The first-order chi connectivity index (χ1) is 23.8. The van der Waals surface area contributed by atoms with Crippen molar-refractivity contribution in [3.05, 3.63) is 65.9 Å². The number of urea groups is 1. The van der Waals surface area contributed by atoms with E-state index in [1.807, 2.05) is 25.1 Å². The van der Waals surface area contributed by atoms with Gasteiger partial charge in [-0.15, -0.1) is 0 Å². The van der Waals surface area contributed by atoms with E-state index in [4.69, 9.17) is 0 Å². The van der Waals surface area contributed by atoms with Gasteiger partial charge in [0.1, 0.15) is 0 Å². The predicted molar refractivity (Wildman–Crippen MR) is 190 cm³/mol. The SMILES string of the molecule is COC(=O)NCCCCCCCCCCCCNC(=O)Nc1cccc2c(C(=O)C(=O)N3CCN(C(=O)c4ccccc4)C[C@H]3C)c[nH]c12. The minimum atomic E-state index is -0.632. The number of methoxy groups -OCH3 is 1. The zero-order valence-electron chi connectivity index (χ0n) is 28.7. The molecule has 1 aliphatic rings. The van der Waals surface area contributed by atoms with Crippen LogP contribution in [0.4, 0.5) is 15.3 Å². The summed E-state index contributed by atoms with van der Waals surface area (Å²) in [5.41, 5.74) is 1.92. The maximum Gasteiger partial charge on any atom is 0.406 e. The van der Waals surface area contributed by atoms with E-state index in [2.05, 4.69) is 25.7 Å². The molecular formula is C37H50N6O6. The third-order valence-corrected chi connectivity index (χ3v) is 8.94. The highest BCUT2D eigenvalue weighted by Crippen LogP contribution is 2.27. The lowest BCUT2D eigenvalue weighted by Gasteiger charge is -2.39. The first-order valence-electron chi connectivity index (χ1n) is 17.5. The Labute approximate surface area is 288 Å². The maximum atomic E-state index is 13.4. The molecule has 264 valence electrons. The summed E-state index contributed by atoms with van der Waals surface area (Å²) in [6.45, 7) is 4.00. The molecule has 0 unspecified atom stereocenters. The van der Waals surface area contributed by atoms with Crippen LogP contribution >= 0.6 is 0 Å². The van der Waals surface area contributed by atoms with Gasteiger partial charge in [0.25, 0.3) is 17.6 Å². The number of carbonyl (C=O) groups is 5. The second-order valence-corrected chi connectivity index (χ2v) is 12.6. The first-order valence-corrected chi connectivity index (χ1v) is 17.5. The third kappa shape index (κ3) is 10.8. The van der Waals surface area contributed by atoms with Crippen molar-refractivity contribution in [2.45, 2.75) is 77.2 Å². The molecule has 0 radical (unpaired) electrons. The number of rotatable bonds is 17. The van der Waals surface area contributed by atoms with Crippen LogP contribution in [0.1, 0.15) is 91.8 Å². The Morgan fingerprint density at radius 3 is 2.06 bits per heavy atom. The van der Waals surface area contributed by atoms with Crippen LogP contribution in [0.25, 0.3) is 10.9 Å². The molecule has 0 saturated carbocycles. The number of amides is 5. The molecule has 0 bridgehead atoms. The fourth-order valence-electron chi connectivity index (χ4n) is 6.19. The van der Waals surface area contributed by atoms with Gasteiger partial charge >= 0.3 is 12.1 Å². The number of aromatic nitrogens is 1. The highest BCUT2D eigenvalue weighted by Gasteiger charge is 2.34. The molecule has 2 aromatic carbocycles. The molecule has 4 rings (SSSR count). The fraction of sp³-hybridized carbons (Fsp3) is 0.486. The maximum absolute atomic E-state index is 13.4. The summed E-state index contributed by atoms with van der Waals surface area (Å²) >= 11 is 0. The van der Waals surface area contributed by atoms with Crippen molar-refractivity contribution in [2.24, 2.45) is 0 Å². The fourth-order valence-corrected chi connectivity index (χ4v) is 6.19. The van der Waals surface area contributed by atoms with E-state index in [1.54, 1.807) is 35.2 Å². The summed E-state index contributed by atoms with van der Waals surface area (Å²) in [4.78, 5) is 69.6. The van der Waals surface area contributed by atoms with E-state index >= 15 is 0 Å². The van der Waals surface area contributed by atoms with Crippen LogP contribution in [0.15, 0.2) is 54.7 Å². The van der Waals surface area contributed by atoms with Gasteiger partial charge in [-0.1, -0.05) is 81.7 Å². The highest BCUT2D eigenvalue weighted by atomic mass is 16.5. The Bertz CT molecular complexity index is 1560. The number of nitrogens with zero attached hydrogens (tertiary/aromatic N) is 2. The average Bonchev–Trinajstić information content (AvgIpc) is 3.56. The van der Waals surface area contributed by atoms with Gasteiger partial charge in [0.2, 0.25) is 0 Å². The summed E-state index contributed by atoms with van der Waals surface area (Å²) in [7, 11) is 1.37. The van der Waals surface area contributed by atoms with Crippen molar-refractivity contribution in [1.29, 1.82) is 0 Å². The molecule has 1 aliphatic heterocycles. The number of aromatic amines is 1. The molecule has 1 aromatic heterocycles. The molecule has 0 spiro atoms. The molecule has 12 heteroatoms. The number of para-hydroxylation sites is 1. The van der Waals surface area contributed by atoms with Crippen LogP contribution in [-0.2, 0) is 9.53 Å². The Hall–Kier alpha value is -4.87. The molecule has 12 nitrogen and oxygen atoms in total. The predicted octanol–water partition coefficient (Wildman–Crippen LogP) is 6.10. The molecule has 0 aliphatic carbocycles. The van der Waals surface area contributed by atoms with E-state index in [0.717, 1.165) is 32.1 Å². The van der Waals surface area contributed by atoms with Crippen molar-refractivity contribution in [3.63, 3.8) is 0 Å². The molecule has 3 aromatic rings. The van der Waals surface area contributed by atoms with Crippen LogP contribution in [0.5, 0.6) is 0 Å². The summed E-state index contributed by atoms with van der Waals surface area (Å²) in [6.07, 6.45) is 12.2. The number of alkyl carbamates (subject to hydrolysis) is 1. The van der Waals surface area contributed by atoms with Crippen molar-refractivity contribution in [1.82, 2.24) is 25.4 Å². The number of fused-ring (bicyclic) bond motifs is 1. The number of anilines is 1. The van der Waals surface area contributed by atoms with E-state index in [1.165, 1.54) is 50.3 Å². The summed E-state index contributed by atoms with van der Waals surface area (Å²) in [6, 6.07) is 13.6. The minimum absolute atomic E-state index is 0.0926. The lowest BCUT2D eigenvalue weighted by Crippen LogP contribution is -2.56. The normalized spacial score (nSPS) is 14.4. The van der Waals surface area contributed by atoms with Crippen LogP contribution < -0.4 is 16.0 Å². The molecule has 5 amide bonds. The number of ether oxygens (including phenoxy) is 1. The van der Waals surface area contributed by atoms with Crippen molar-refractivity contribution < 1.29 is 28.7 Å². The number of carbonyl (C=O) groups excluding carboxylic acids is 5. The number of piperazine rings is 1. The number of hydrogen-bond acceptors (Lipinski definition) is 6. The van der Waals surface area contributed by atoms with Gasteiger partial charge in [-0.2, -0.15) is 0 Å². The Kier molecular flexibility index (Phi) is 14.5. The zero-order valence-corrected chi connectivity index (χ0v) is 28.7. The first kappa shape index (κ1) is 37.0. The smallest absolute Gasteiger partial charge is 0.406 e. The molecule has 2 heterocycles. The lowest BCUT2D eigenvalue weighted by molar-refractivity contribution is -0.130. The quantitative estimate of drug-likeness (QED) is 0.0771. The summed E-state index contributed by atoms with van der Waals surface area (Å²) < 4.78 is 4.55. The number of ketones is 1. The van der Waals surface area contributed by atoms with Crippen LogP contribution in [0, 0.1) is 0 Å². The van der Waals surface area contributed by atoms with E-state index in [-0.39, 0.29) is 36.2 Å². The summed E-state index contributed by atoms with van der Waals surface area (Å²) in [5.74, 6) is -1.34. The van der Waals surface area contributed by atoms with Crippen molar-refractivity contribution in [3.8, 4) is 0 Å².